The molecule has 1 saturated heterocycles. The maximum absolute atomic E-state index is 13.0. The Kier molecular flexibility index (Phi) is 7.53. The van der Waals surface area contributed by atoms with Crippen LogP contribution >= 0.6 is 0 Å². The first-order valence-corrected chi connectivity index (χ1v) is 10.9. The van der Waals surface area contributed by atoms with E-state index >= 15 is 0 Å². The molecule has 1 atom stereocenters. The largest absolute Gasteiger partial charge is 0.573 e. The van der Waals surface area contributed by atoms with Gasteiger partial charge in [-0.25, -0.2) is 9.78 Å². The molecule has 0 unspecified atom stereocenters. The minimum absolute atomic E-state index is 0.175. The summed E-state index contributed by atoms with van der Waals surface area (Å²) < 4.78 is 81.4. The number of urea groups is 1. The Morgan fingerprint density at radius 3 is 2.43 bits per heavy atom. The van der Waals surface area contributed by atoms with Gasteiger partial charge in [-0.15, -0.1) is 13.2 Å². The van der Waals surface area contributed by atoms with Gasteiger partial charge in [0.25, 0.3) is 0 Å². The standard InChI is InChI=1S/C23H26F6N4O2/c1-15-12-19(22(24,25)26)31-14-18(15)33-11-5-8-21(32(2)3,9-10-30-20(33)34)16-6-4-7-17(13-16)35-23(27,28)29/h4,6-7,12-14H,5,8-11H2,1-3H3,(H,30,34)/t21-/m0/s1. The Balaban J connectivity index is 1.90. The molecular formula is C23H26F6N4O2. The molecule has 2 aromatic rings. The topological polar surface area (TPSA) is 57.7 Å². The molecule has 0 spiro atoms. The Morgan fingerprint density at radius 1 is 1.11 bits per heavy atom. The van der Waals surface area contributed by atoms with E-state index in [1.165, 1.54) is 30.0 Å². The fourth-order valence-electron chi connectivity index (χ4n) is 4.42. The summed E-state index contributed by atoms with van der Waals surface area (Å²) in [4.78, 5) is 19.6. The van der Waals surface area contributed by atoms with Crippen LogP contribution in [0.3, 0.4) is 0 Å². The van der Waals surface area contributed by atoms with E-state index in [9.17, 15) is 31.1 Å². The van der Waals surface area contributed by atoms with Crippen LogP contribution < -0.4 is 15.0 Å². The number of rotatable bonds is 4. The highest BCUT2D eigenvalue weighted by Gasteiger charge is 2.38. The minimum atomic E-state index is -4.83. The average molecular weight is 504 g/mol. The summed E-state index contributed by atoms with van der Waals surface area (Å²) >= 11 is 0. The van der Waals surface area contributed by atoms with Gasteiger partial charge in [0.2, 0.25) is 0 Å². The first-order valence-electron chi connectivity index (χ1n) is 10.9. The number of aromatic nitrogens is 1. The molecule has 1 aromatic carbocycles. The van der Waals surface area contributed by atoms with Crippen molar-refractivity contribution in [3.8, 4) is 5.75 Å². The van der Waals surface area contributed by atoms with Gasteiger partial charge in [-0.05, 0) is 69.6 Å². The zero-order chi connectivity index (χ0) is 26.0. The minimum Gasteiger partial charge on any atom is -0.406 e. The Labute approximate surface area is 198 Å². The lowest BCUT2D eigenvalue weighted by atomic mass is 9.81. The lowest BCUT2D eigenvalue weighted by Gasteiger charge is -2.41. The predicted molar refractivity (Wildman–Crippen MR) is 117 cm³/mol. The highest BCUT2D eigenvalue weighted by atomic mass is 19.4. The number of carbonyl (C=O) groups excluding carboxylic acids is 1. The van der Waals surface area contributed by atoms with E-state index in [0.29, 0.717) is 24.8 Å². The molecule has 3 rings (SSSR count). The molecule has 6 nitrogen and oxygen atoms in total. The summed E-state index contributed by atoms with van der Waals surface area (Å²) in [5.41, 5.74) is -0.664. The molecule has 0 aliphatic carbocycles. The van der Waals surface area contributed by atoms with E-state index in [4.69, 9.17) is 0 Å². The SMILES string of the molecule is Cc1cc(C(F)(F)F)ncc1N1CCC[C@](c2cccc(OC(F)(F)F)c2)(N(C)C)CCNC1=O. The van der Waals surface area contributed by atoms with E-state index < -0.39 is 29.8 Å². The smallest absolute Gasteiger partial charge is 0.406 e. The van der Waals surface area contributed by atoms with Gasteiger partial charge in [0.15, 0.2) is 0 Å². The second-order valence-corrected chi connectivity index (χ2v) is 8.59. The van der Waals surface area contributed by atoms with Crippen LogP contribution in [0.15, 0.2) is 36.5 Å². The number of nitrogens with zero attached hydrogens (tertiary/aromatic N) is 3. The van der Waals surface area contributed by atoms with Gasteiger partial charge in [0.05, 0.1) is 11.9 Å². The second kappa shape index (κ2) is 9.92. The van der Waals surface area contributed by atoms with Crippen LogP contribution in [0.4, 0.5) is 36.8 Å². The van der Waals surface area contributed by atoms with Crippen molar-refractivity contribution < 1.29 is 35.9 Å². The van der Waals surface area contributed by atoms with Crippen LogP contribution in [0.25, 0.3) is 0 Å². The fraction of sp³-hybridized carbons (Fsp3) is 0.478. The number of carbonyl (C=O) groups is 1. The number of halogens is 6. The zero-order valence-corrected chi connectivity index (χ0v) is 19.4. The van der Waals surface area contributed by atoms with E-state index in [1.807, 2.05) is 4.90 Å². The highest BCUT2D eigenvalue weighted by molar-refractivity contribution is 5.92. The molecule has 1 aliphatic rings. The average Bonchev–Trinajstić information content (AvgIpc) is 2.81. The highest BCUT2D eigenvalue weighted by Crippen LogP contribution is 2.38. The normalized spacial score (nSPS) is 20.2. The van der Waals surface area contributed by atoms with E-state index in [2.05, 4.69) is 15.0 Å². The van der Waals surface area contributed by atoms with Gasteiger partial charge in [0, 0.05) is 18.6 Å². The molecule has 1 aliphatic heterocycles. The molecule has 35 heavy (non-hydrogen) atoms. The second-order valence-electron chi connectivity index (χ2n) is 8.59. The van der Waals surface area contributed by atoms with Gasteiger partial charge in [-0.2, -0.15) is 13.2 Å². The molecule has 1 N–H and O–H groups in total. The van der Waals surface area contributed by atoms with Crippen molar-refractivity contribution in [2.75, 3.05) is 32.1 Å². The molecule has 0 radical (unpaired) electrons. The number of pyridine rings is 1. The summed E-state index contributed by atoms with van der Waals surface area (Å²) in [6, 6.07) is 6.17. The molecule has 0 saturated carbocycles. The van der Waals surface area contributed by atoms with Crippen LogP contribution in [0.5, 0.6) is 5.75 Å². The first kappa shape index (κ1) is 26.6. The third kappa shape index (κ3) is 6.16. The molecule has 0 bridgehead atoms. The van der Waals surface area contributed by atoms with Gasteiger partial charge in [-0.3, -0.25) is 9.80 Å². The van der Waals surface area contributed by atoms with E-state index in [0.717, 1.165) is 12.3 Å². The van der Waals surface area contributed by atoms with Crippen molar-refractivity contribution in [1.29, 1.82) is 0 Å². The van der Waals surface area contributed by atoms with Crippen LogP contribution in [0.2, 0.25) is 0 Å². The Bertz CT molecular complexity index is 1060. The quantitative estimate of drug-likeness (QED) is 0.562. The summed E-state index contributed by atoms with van der Waals surface area (Å²) in [7, 11) is 3.61. The monoisotopic (exact) mass is 504 g/mol. The number of benzene rings is 1. The maximum Gasteiger partial charge on any atom is 0.573 e. The van der Waals surface area contributed by atoms with Crippen LogP contribution in [0, 0.1) is 6.92 Å². The summed E-state index contributed by atoms with van der Waals surface area (Å²) in [5.74, 6) is -0.340. The van der Waals surface area contributed by atoms with Crippen LogP contribution in [0.1, 0.15) is 36.1 Å². The van der Waals surface area contributed by atoms with E-state index in [1.54, 1.807) is 20.2 Å². The van der Waals surface area contributed by atoms with E-state index in [-0.39, 0.29) is 30.1 Å². The molecule has 2 heterocycles. The van der Waals surface area contributed by atoms with Crippen LogP contribution in [-0.4, -0.2) is 49.5 Å². The number of nitrogens with one attached hydrogen (secondary N) is 1. The number of hydrogen-bond donors (Lipinski definition) is 1. The Hall–Kier alpha value is -3.02. The Morgan fingerprint density at radius 2 is 1.83 bits per heavy atom. The van der Waals surface area contributed by atoms with Crippen molar-refractivity contribution in [3.63, 3.8) is 0 Å². The predicted octanol–water partition coefficient (Wildman–Crippen LogP) is 5.46. The third-order valence-corrected chi connectivity index (χ3v) is 6.16. The molecule has 12 heteroatoms. The van der Waals surface area contributed by atoms with Gasteiger partial charge in [-0.1, -0.05) is 12.1 Å². The molecule has 2 amide bonds. The summed E-state index contributed by atoms with van der Waals surface area (Å²) in [6.07, 6.45) is -7.12. The molecule has 1 fully saturated rings. The molecule has 1 aromatic heterocycles. The number of amides is 2. The number of aryl methyl sites for hydroxylation is 1. The summed E-state index contributed by atoms with van der Waals surface area (Å²) in [5, 5.41) is 2.78. The van der Waals surface area contributed by atoms with Gasteiger partial charge < -0.3 is 10.1 Å². The van der Waals surface area contributed by atoms with Crippen molar-refractivity contribution in [1.82, 2.24) is 15.2 Å². The van der Waals surface area contributed by atoms with Gasteiger partial charge >= 0.3 is 18.6 Å². The molecule has 192 valence electrons. The number of alkyl halides is 6. The van der Waals surface area contributed by atoms with Crippen molar-refractivity contribution in [2.24, 2.45) is 0 Å². The van der Waals surface area contributed by atoms with Crippen molar-refractivity contribution >= 4 is 11.7 Å². The maximum atomic E-state index is 13.0. The van der Waals surface area contributed by atoms with Crippen molar-refractivity contribution in [2.45, 2.75) is 44.3 Å². The lowest BCUT2D eigenvalue weighted by molar-refractivity contribution is -0.274. The third-order valence-electron chi connectivity index (χ3n) is 6.16. The lowest BCUT2D eigenvalue weighted by Crippen LogP contribution is -2.44. The zero-order valence-electron chi connectivity index (χ0n) is 19.4. The van der Waals surface area contributed by atoms with Gasteiger partial charge in [0.1, 0.15) is 11.4 Å². The fourth-order valence-corrected chi connectivity index (χ4v) is 4.42. The number of anilines is 1. The summed E-state index contributed by atoms with van der Waals surface area (Å²) in [6.45, 7) is 1.83. The number of hydrogen-bond acceptors (Lipinski definition) is 4. The molecular weight excluding hydrogens is 478 g/mol. The van der Waals surface area contributed by atoms with Crippen LogP contribution in [-0.2, 0) is 11.7 Å². The first-order chi connectivity index (χ1) is 16.2. The van der Waals surface area contributed by atoms with Crippen molar-refractivity contribution in [3.05, 3.63) is 53.3 Å². The number of ether oxygens (including phenoxy) is 1.